The number of halogens is 2. The van der Waals surface area contributed by atoms with Crippen molar-refractivity contribution in [3.63, 3.8) is 0 Å². The van der Waals surface area contributed by atoms with Crippen molar-refractivity contribution in [2.45, 2.75) is 25.4 Å². The van der Waals surface area contributed by atoms with Gasteiger partial charge in [-0.25, -0.2) is 8.78 Å². The van der Waals surface area contributed by atoms with E-state index in [0.717, 1.165) is 24.5 Å². The highest BCUT2D eigenvalue weighted by molar-refractivity contribution is 7.80. The van der Waals surface area contributed by atoms with E-state index in [1.165, 1.54) is 12.1 Å². The maximum Gasteiger partial charge on any atom is 0.174 e. The molecule has 0 aliphatic heterocycles. The Hall–Kier alpha value is -2.08. The zero-order valence-electron chi connectivity index (χ0n) is 11.8. The number of anilines is 1. The molecule has 1 N–H and O–H groups in total. The van der Waals surface area contributed by atoms with Gasteiger partial charge in [0.25, 0.3) is 0 Å². The second-order valence-electron chi connectivity index (χ2n) is 5.27. The molecule has 3 rings (SSSR count). The first-order valence-corrected chi connectivity index (χ1v) is 7.46. The highest BCUT2D eigenvalue weighted by Crippen LogP contribution is 2.29. The van der Waals surface area contributed by atoms with Gasteiger partial charge in [0.05, 0.1) is 5.69 Å². The van der Waals surface area contributed by atoms with Crippen LogP contribution in [-0.2, 0) is 6.54 Å². The largest absolute Gasteiger partial charge is 0.342 e. The molecule has 0 bridgehead atoms. The van der Waals surface area contributed by atoms with Crippen molar-refractivity contribution in [3.8, 4) is 0 Å². The van der Waals surface area contributed by atoms with Crippen LogP contribution < -0.4 is 5.32 Å². The van der Waals surface area contributed by atoms with Crippen molar-refractivity contribution in [2.24, 2.45) is 0 Å². The normalized spacial score (nSPS) is 13.7. The number of pyridine rings is 1. The van der Waals surface area contributed by atoms with E-state index in [-0.39, 0.29) is 5.69 Å². The average Bonchev–Trinajstić information content (AvgIpc) is 3.33. The fourth-order valence-corrected chi connectivity index (χ4v) is 2.54. The molecule has 1 aromatic heterocycles. The Morgan fingerprint density at radius 2 is 1.95 bits per heavy atom. The number of aromatic nitrogens is 1. The minimum Gasteiger partial charge on any atom is -0.342 e. The Bertz CT molecular complexity index is 674. The molecule has 1 aliphatic rings. The lowest BCUT2D eigenvalue weighted by molar-refractivity contribution is 0.409. The van der Waals surface area contributed by atoms with Gasteiger partial charge in [0, 0.05) is 31.0 Å². The van der Waals surface area contributed by atoms with Crippen LogP contribution in [0, 0.1) is 11.6 Å². The van der Waals surface area contributed by atoms with Crippen molar-refractivity contribution >= 4 is 23.0 Å². The van der Waals surface area contributed by atoms with Crippen LogP contribution in [-0.4, -0.2) is 21.0 Å². The Balaban J connectivity index is 1.73. The van der Waals surface area contributed by atoms with Crippen LogP contribution >= 0.6 is 12.2 Å². The summed E-state index contributed by atoms with van der Waals surface area (Å²) >= 11 is 5.40. The Morgan fingerprint density at radius 1 is 1.23 bits per heavy atom. The fraction of sp³-hybridized carbons (Fsp3) is 0.250. The quantitative estimate of drug-likeness (QED) is 0.870. The summed E-state index contributed by atoms with van der Waals surface area (Å²) in [6.07, 6.45) is 5.60. The van der Waals surface area contributed by atoms with Crippen LogP contribution in [0.25, 0.3) is 0 Å². The molecular formula is C16H15F2N3S. The molecule has 22 heavy (non-hydrogen) atoms. The first kappa shape index (κ1) is 14.8. The van der Waals surface area contributed by atoms with Gasteiger partial charge in [0.15, 0.2) is 5.11 Å². The van der Waals surface area contributed by atoms with Gasteiger partial charge in [-0.05, 0) is 54.9 Å². The SMILES string of the molecule is Fc1ccc(NC(=S)N(Cc2ccncc2)C2CC2)c(F)c1. The lowest BCUT2D eigenvalue weighted by Crippen LogP contribution is -2.36. The molecule has 0 spiro atoms. The average molecular weight is 319 g/mol. The topological polar surface area (TPSA) is 28.2 Å². The van der Waals surface area contributed by atoms with Crippen molar-refractivity contribution < 1.29 is 8.78 Å². The fourth-order valence-electron chi connectivity index (χ4n) is 2.22. The summed E-state index contributed by atoms with van der Waals surface area (Å²) in [5, 5.41) is 3.33. The van der Waals surface area contributed by atoms with E-state index < -0.39 is 11.6 Å². The van der Waals surface area contributed by atoms with E-state index in [1.807, 2.05) is 17.0 Å². The van der Waals surface area contributed by atoms with Crippen molar-refractivity contribution in [1.82, 2.24) is 9.88 Å². The highest BCUT2D eigenvalue weighted by atomic mass is 32.1. The third kappa shape index (κ3) is 3.57. The van der Waals surface area contributed by atoms with Gasteiger partial charge >= 0.3 is 0 Å². The predicted molar refractivity (Wildman–Crippen MR) is 85.4 cm³/mol. The molecule has 6 heteroatoms. The number of hydrogen-bond donors (Lipinski definition) is 1. The van der Waals surface area contributed by atoms with Gasteiger partial charge in [-0.1, -0.05) is 0 Å². The Labute approximate surface area is 133 Å². The monoisotopic (exact) mass is 319 g/mol. The second kappa shape index (κ2) is 6.36. The zero-order chi connectivity index (χ0) is 15.5. The third-order valence-corrected chi connectivity index (χ3v) is 3.86. The first-order chi connectivity index (χ1) is 10.6. The summed E-state index contributed by atoms with van der Waals surface area (Å²) in [4.78, 5) is 6.03. The van der Waals surface area contributed by atoms with E-state index in [1.54, 1.807) is 12.4 Å². The Morgan fingerprint density at radius 3 is 2.59 bits per heavy atom. The van der Waals surface area contributed by atoms with E-state index >= 15 is 0 Å². The number of nitrogens with one attached hydrogen (secondary N) is 1. The second-order valence-corrected chi connectivity index (χ2v) is 5.66. The molecule has 0 radical (unpaired) electrons. The minimum atomic E-state index is -0.651. The molecule has 114 valence electrons. The number of hydrogen-bond acceptors (Lipinski definition) is 2. The van der Waals surface area contributed by atoms with Gasteiger partial charge in [-0.3, -0.25) is 4.98 Å². The number of thiocarbonyl (C=S) groups is 1. The number of nitrogens with zero attached hydrogens (tertiary/aromatic N) is 2. The molecule has 3 nitrogen and oxygen atoms in total. The first-order valence-electron chi connectivity index (χ1n) is 7.05. The van der Waals surface area contributed by atoms with Crippen LogP contribution in [0.3, 0.4) is 0 Å². The maximum atomic E-state index is 13.7. The smallest absolute Gasteiger partial charge is 0.174 e. The third-order valence-electron chi connectivity index (χ3n) is 3.52. The van der Waals surface area contributed by atoms with Gasteiger partial charge in [0.1, 0.15) is 11.6 Å². The van der Waals surface area contributed by atoms with E-state index in [4.69, 9.17) is 12.2 Å². The zero-order valence-corrected chi connectivity index (χ0v) is 12.6. The summed E-state index contributed by atoms with van der Waals surface area (Å²) in [5.41, 5.74) is 1.28. The maximum absolute atomic E-state index is 13.7. The lowest BCUT2D eigenvalue weighted by atomic mass is 10.2. The van der Waals surface area contributed by atoms with Gasteiger partial charge in [-0.15, -0.1) is 0 Å². The van der Waals surface area contributed by atoms with Crippen LogP contribution in [0.15, 0.2) is 42.7 Å². The molecule has 1 saturated carbocycles. The van der Waals surface area contributed by atoms with E-state index in [9.17, 15) is 8.78 Å². The van der Waals surface area contributed by atoms with Crippen LogP contribution in [0.5, 0.6) is 0 Å². The van der Waals surface area contributed by atoms with Crippen LogP contribution in [0.1, 0.15) is 18.4 Å². The van der Waals surface area contributed by atoms with Gasteiger partial charge in [0.2, 0.25) is 0 Å². The highest BCUT2D eigenvalue weighted by Gasteiger charge is 2.31. The standard InChI is InChI=1S/C16H15F2N3S/c17-12-1-4-15(14(18)9-12)20-16(22)21(13-2-3-13)10-11-5-7-19-8-6-11/h1,4-9,13H,2-3,10H2,(H,20,22). The molecule has 1 heterocycles. The van der Waals surface area contributed by atoms with Gasteiger partial charge < -0.3 is 10.2 Å². The summed E-state index contributed by atoms with van der Waals surface area (Å²) in [6.45, 7) is 0.641. The van der Waals surface area contributed by atoms with Crippen LogP contribution in [0.4, 0.5) is 14.5 Å². The van der Waals surface area contributed by atoms with Crippen molar-refractivity contribution in [3.05, 3.63) is 59.9 Å². The predicted octanol–water partition coefficient (Wildman–Crippen LogP) is 3.72. The molecule has 0 atom stereocenters. The molecule has 0 saturated heterocycles. The molecule has 1 fully saturated rings. The van der Waals surface area contributed by atoms with E-state index in [0.29, 0.717) is 17.7 Å². The number of rotatable bonds is 4. The molecule has 0 amide bonds. The lowest BCUT2D eigenvalue weighted by Gasteiger charge is -2.26. The van der Waals surface area contributed by atoms with Gasteiger partial charge in [-0.2, -0.15) is 0 Å². The number of benzene rings is 1. The molecule has 0 unspecified atom stereocenters. The molecule has 1 aliphatic carbocycles. The molecule has 1 aromatic carbocycles. The summed E-state index contributed by atoms with van der Waals surface area (Å²) in [7, 11) is 0. The minimum absolute atomic E-state index is 0.187. The molecular weight excluding hydrogens is 304 g/mol. The van der Waals surface area contributed by atoms with Crippen molar-refractivity contribution in [2.75, 3.05) is 5.32 Å². The van der Waals surface area contributed by atoms with E-state index in [2.05, 4.69) is 10.3 Å². The van der Waals surface area contributed by atoms with Crippen LogP contribution in [0.2, 0.25) is 0 Å². The summed E-state index contributed by atoms with van der Waals surface area (Å²) in [6, 6.07) is 7.63. The summed E-state index contributed by atoms with van der Waals surface area (Å²) in [5.74, 6) is -1.26. The summed E-state index contributed by atoms with van der Waals surface area (Å²) < 4.78 is 26.7. The molecule has 2 aromatic rings. The van der Waals surface area contributed by atoms with Crippen molar-refractivity contribution in [1.29, 1.82) is 0 Å². The Kier molecular flexibility index (Phi) is 4.29.